The summed E-state index contributed by atoms with van der Waals surface area (Å²) in [6, 6.07) is 3.28. The third kappa shape index (κ3) is 6.31. The molecule has 1 unspecified atom stereocenters. The molecule has 3 rings (SSSR count). The molecule has 2 amide bonds. The van der Waals surface area contributed by atoms with Gasteiger partial charge in [-0.1, -0.05) is 13.0 Å². The minimum atomic E-state index is -0.761. The van der Waals surface area contributed by atoms with Gasteiger partial charge in [0.1, 0.15) is 11.1 Å². The van der Waals surface area contributed by atoms with Crippen molar-refractivity contribution >= 4 is 12.0 Å². The number of carbonyl (C=O) groups excluding carboxylic acids is 2. The Bertz CT molecular complexity index is 977. The molecule has 0 radical (unpaired) electrons. The summed E-state index contributed by atoms with van der Waals surface area (Å²) in [6.45, 7) is 11.0. The summed E-state index contributed by atoms with van der Waals surface area (Å²) in [7, 11) is 0. The number of carbonyl (C=O) groups is 2. The Morgan fingerprint density at radius 1 is 1.24 bits per heavy atom. The zero-order valence-electron chi connectivity index (χ0n) is 20.6. The molecule has 0 bridgehead atoms. The van der Waals surface area contributed by atoms with Crippen LogP contribution in [0.4, 0.5) is 9.18 Å². The van der Waals surface area contributed by atoms with E-state index < -0.39 is 17.0 Å². The zero-order valence-corrected chi connectivity index (χ0v) is 20.6. The number of pyridine rings is 1. The molecule has 3 heterocycles. The average Bonchev–Trinajstić information content (AvgIpc) is 3.23. The van der Waals surface area contributed by atoms with Crippen molar-refractivity contribution < 1.29 is 18.7 Å². The minimum absolute atomic E-state index is 0.101. The largest absolute Gasteiger partial charge is 0.444 e. The summed E-state index contributed by atoms with van der Waals surface area (Å²) in [5.41, 5.74) is -0.502. The first-order valence-corrected chi connectivity index (χ1v) is 11.7. The fourth-order valence-electron chi connectivity index (χ4n) is 3.88. The van der Waals surface area contributed by atoms with Crippen LogP contribution in [0, 0.1) is 5.82 Å². The van der Waals surface area contributed by atoms with Gasteiger partial charge < -0.3 is 20.3 Å². The second-order valence-electron chi connectivity index (χ2n) is 9.72. The van der Waals surface area contributed by atoms with Gasteiger partial charge in [-0.2, -0.15) is 5.10 Å². The lowest BCUT2D eigenvalue weighted by molar-refractivity contribution is -0.130. The topological polar surface area (TPSA) is 101 Å². The number of nitrogens with one attached hydrogen (secondary N) is 2. The number of hydrogen-bond donors (Lipinski definition) is 2. The van der Waals surface area contributed by atoms with Crippen LogP contribution in [0.5, 0.6) is 0 Å². The molecule has 2 aromatic rings. The van der Waals surface area contributed by atoms with Gasteiger partial charge in [-0.15, -0.1) is 0 Å². The SMILES string of the molecule is CCCNC1(C(=O)NC(C)c2ccc(-n3cc(F)cn3)nc2)CCN(C(=O)OC(C)(C)C)CC1. The molecule has 0 spiro atoms. The van der Waals surface area contributed by atoms with Gasteiger partial charge >= 0.3 is 6.09 Å². The third-order valence-electron chi connectivity index (χ3n) is 5.82. The number of aromatic nitrogens is 3. The van der Waals surface area contributed by atoms with Crippen molar-refractivity contribution in [2.75, 3.05) is 19.6 Å². The first-order chi connectivity index (χ1) is 16.0. The van der Waals surface area contributed by atoms with Gasteiger partial charge in [0.15, 0.2) is 11.6 Å². The van der Waals surface area contributed by atoms with Gasteiger partial charge in [-0.05, 0) is 65.1 Å². The van der Waals surface area contributed by atoms with Crippen molar-refractivity contribution in [1.29, 1.82) is 0 Å². The molecule has 2 aromatic heterocycles. The van der Waals surface area contributed by atoms with Gasteiger partial charge in [0.05, 0.1) is 18.4 Å². The van der Waals surface area contributed by atoms with Gasteiger partial charge in [0.2, 0.25) is 5.91 Å². The summed E-state index contributed by atoms with van der Waals surface area (Å²) >= 11 is 0. The molecule has 1 aliphatic rings. The van der Waals surface area contributed by atoms with E-state index in [1.807, 2.05) is 33.8 Å². The maximum atomic E-state index is 13.4. The number of rotatable bonds is 7. The van der Waals surface area contributed by atoms with Crippen LogP contribution in [0.2, 0.25) is 0 Å². The summed E-state index contributed by atoms with van der Waals surface area (Å²) < 4.78 is 20.0. The number of hydrogen-bond acceptors (Lipinski definition) is 6. The van der Waals surface area contributed by atoms with E-state index in [9.17, 15) is 14.0 Å². The molecule has 186 valence electrons. The quantitative estimate of drug-likeness (QED) is 0.638. The van der Waals surface area contributed by atoms with Crippen LogP contribution >= 0.6 is 0 Å². The number of amides is 2. The van der Waals surface area contributed by atoms with E-state index in [1.165, 1.54) is 10.9 Å². The van der Waals surface area contributed by atoms with E-state index >= 15 is 0 Å². The number of piperidine rings is 1. The number of nitrogens with zero attached hydrogens (tertiary/aromatic N) is 4. The van der Waals surface area contributed by atoms with E-state index in [2.05, 4.69) is 27.6 Å². The van der Waals surface area contributed by atoms with Crippen LogP contribution in [0.1, 0.15) is 65.5 Å². The Hall–Kier alpha value is -3.01. The van der Waals surface area contributed by atoms with Crippen molar-refractivity contribution in [3.8, 4) is 5.82 Å². The van der Waals surface area contributed by atoms with Crippen LogP contribution in [0.25, 0.3) is 5.82 Å². The van der Waals surface area contributed by atoms with Crippen molar-refractivity contribution in [3.63, 3.8) is 0 Å². The summed E-state index contributed by atoms with van der Waals surface area (Å²) in [5.74, 6) is -0.0496. The zero-order chi connectivity index (χ0) is 24.9. The normalized spacial score (nSPS) is 16.7. The van der Waals surface area contributed by atoms with Crippen molar-refractivity contribution in [2.45, 2.75) is 71.1 Å². The molecule has 9 nitrogen and oxygen atoms in total. The smallest absolute Gasteiger partial charge is 0.410 e. The van der Waals surface area contributed by atoms with Gasteiger partial charge in [-0.3, -0.25) is 4.79 Å². The van der Waals surface area contributed by atoms with E-state index in [0.717, 1.165) is 18.2 Å². The highest BCUT2D eigenvalue weighted by Crippen LogP contribution is 2.26. The summed E-state index contributed by atoms with van der Waals surface area (Å²) in [4.78, 5) is 31.9. The van der Waals surface area contributed by atoms with E-state index in [0.29, 0.717) is 38.3 Å². The lowest BCUT2D eigenvalue weighted by atomic mass is 9.86. The van der Waals surface area contributed by atoms with Gasteiger partial charge in [-0.25, -0.2) is 18.9 Å². The molecule has 1 aliphatic heterocycles. The minimum Gasteiger partial charge on any atom is -0.444 e. The molecule has 1 saturated heterocycles. The van der Waals surface area contributed by atoms with Crippen LogP contribution < -0.4 is 10.6 Å². The maximum absolute atomic E-state index is 13.4. The fourth-order valence-corrected chi connectivity index (χ4v) is 3.88. The molecule has 1 fully saturated rings. The first-order valence-electron chi connectivity index (χ1n) is 11.7. The molecule has 1 atom stereocenters. The molecule has 0 saturated carbocycles. The van der Waals surface area contributed by atoms with Crippen LogP contribution in [-0.2, 0) is 9.53 Å². The molecule has 34 heavy (non-hydrogen) atoms. The Labute approximate surface area is 200 Å². The lowest BCUT2D eigenvalue weighted by Crippen LogP contribution is -2.62. The van der Waals surface area contributed by atoms with E-state index in [1.54, 1.807) is 17.2 Å². The maximum Gasteiger partial charge on any atom is 0.410 e. The van der Waals surface area contributed by atoms with E-state index in [4.69, 9.17) is 4.74 Å². The molecular formula is C24H35FN6O3. The summed E-state index contributed by atoms with van der Waals surface area (Å²) in [6.07, 6.45) is 5.54. The standard InChI is InChI=1S/C24H35FN6O3/c1-6-11-27-24(9-12-30(13-10-24)22(33)34-23(3,4)5)21(32)29-17(2)18-7-8-20(26-14-18)31-16-19(25)15-28-31/h7-8,14-17,27H,6,9-13H2,1-5H3,(H,29,32). The van der Waals surface area contributed by atoms with Crippen molar-refractivity contribution in [3.05, 3.63) is 42.1 Å². The Kier molecular flexibility index (Phi) is 7.91. The second kappa shape index (κ2) is 10.5. The van der Waals surface area contributed by atoms with Crippen LogP contribution in [0.3, 0.4) is 0 Å². The predicted molar refractivity (Wildman–Crippen MR) is 126 cm³/mol. The van der Waals surface area contributed by atoms with Gasteiger partial charge in [0, 0.05) is 19.3 Å². The van der Waals surface area contributed by atoms with Crippen LogP contribution in [0.15, 0.2) is 30.7 Å². The fraction of sp³-hybridized carbons (Fsp3) is 0.583. The molecule has 2 N–H and O–H groups in total. The van der Waals surface area contributed by atoms with Crippen LogP contribution in [-0.4, -0.2) is 62.4 Å². The highest BCUT2D eigenvalue weighted by Gasteiger charge is 2.42. The molecule has 0 aliphatic carbocycles. The number of likely N-dealkylation sites (tertiary alicyclic amines) is 1. The average molecular weight is 475 g/mol. The lowest BCUT2D eigenvalue weighted by Gasteiger charge is -2.42. The first kappa shape index (κ1) is 25.6. The van der Waals surface area contributed by atoms with Crippen molar-refractivity contribution in [2.24, 2.45) is 0 Å². The molecule has 10 heteroatoms. The Morgan fingerprint density at radius 2 is 1.94 bits per heavy atom. The van der Waals surface area contributed by atoms with Gasteiger partial charge in [0.25, 0.3) is 0 Å². The number of halogens is 1. The van der Waals surface area contributed by atoms with E-state index in [-0.39, 0.29) is 18.0 Å². The highest BCUT2D eigenvalue weighted by atomic mass is 19.1. The Morgan fingerprint density at radius 3 is 2.47 bits per heavy atom. The number of ether oxygens (including phenoxy) is 1. The highest BCUT2D eigenvalue weighted by molar-refractivity contribution is 5.87. The summed E-state index contributed by atoms with van der Waals surface area (Å²) in [5, 5.41) is 10.4. The predicted octanol–water partition coefficient (Wildman–Crippen LogP) is 3.35. The Balaban J connectivity index is 1.65. The molecule has 0 aromatic carbocycles. The second-order valence-corrected chi connectivity index (χ2v) is 9.72. The monoisotopic (exact) mass is 474 g/mol. The third-order valence-corrected chi connectivity index (χ3v) is 5.82. The van der Waals surface area contributed by atoms with Crippen molar-refractivity contribution in [1.82, 2.24) is 30.3 Å². The molecular weight excluding hydrogens is 439 g/mol.